The Morgan fingerprint density at radius 1 is 1.06 bits per heavy atom. The zero-order valence-electron chi connectivity index (χ0n) is 17.8. The number of hydrogen-bond donors (Lipinski definition) is 0. The van der Waals surface area contributed by atoms with Gasteiger partial charge in [0.1, 0.15) is 6.61 Å². The average Bonchev–Trinajstić information content (AvgIpc) is 2.80. The molecule has 31 heavy (non-hydrogen) atoms. The van der Waals surface area contributed by atoms with Crippen LogP contribution in [-0.4, -0.2) is 41.2 Å². The first-order chi connectivity index (χ1) is 15.0. The lowest BCUT2D eigenvalue weighted by Crippen LogP contribution is -2.41. The normalized spacial score (nSPS) is 12.9. The second-order valence-electron chi connectivity index (χ2n) is 7.88. The number of nitrogens with zero attached hydrogens (tertiary/aromatic N) is 4. The molecule has 3 aromatic rings. The van der Waals surface area contributed by atoms with Gasteiger partial charge in [-0.3, -0.25) is 9.36 Å². The molecule has 0 saturated carbocycles. The Kier molecular flexibility index (Phi) is 6.02. The van der Waals surface area contributed by atoms with E-state index in [4.69, 9.17) is 4.74 Å². The predicted molar refractivity (Wildman–Crippen MR) is 119 cm³/mol. The summed E-state index contributed by atoms with van der Waals surface area (Å²) in [5, 5.41) is 0. The van der Waals surface area contributed by atoms with Crippen molar-refractivity contribution >= 4 is 11.8 Å². The third-order valence-corrected chi connectivity index (χ3v) is 5.46. The summed E-state index contributed by atoms with van der Waals surface area (Å²) in [4.78, 5) is 33.7. The summed E-state index contributed by atoms with van der Waals surface area (Å²) in [5.41, 5.74) is 4.25. The summed E-state index contributed by atoms with van der Waals surface area (Å²) in [5.74, 6) is 0. The fraction of sp³-hybridized carbons (Fsp3) is 0.292. The lowest BCUT2D eigenvalue weighted by molar-refractivity contribution is 0.0913. The lowest BCUT2D eigenvalue weighted by Gasteiger charge is -2.27. The van der Waals surface area contributed by atoms with Crippen LogP contribution in [0.2, 0.25) is 0 Å². The Bertz CT molecular complexity index is 1110. The molecule has 1 aromatic heterocycles. The van der Waals surface area contributed by atoms with Crippen molar-refractivity contribution in [1.29, 1.82) is 0 Å². The monoisotopic (exact) mass is 418 g/mol. The van der Waals surface area contributed by atoms with Gasteiger partial charge in [-0.1, -0.05) is 42.5 Å². The van der Waals surface area contributed by atoms with Crippen molar-refractivity contribution in [2.45, 2.75) is 26.1 Å². The minimum atomic E-state index is -0.416. The van der Waals surface area contributed by atoms with E-state index in [2.05, 4.69) is 4.98 Å². The van der Waals surface area contributed by atoms with Crippen molar-refractivity contribution in [3.05, 3.63) is 93.7 Å². The summed E-state index contributed by atoms with van der Waals surface area (Å²) in [7, 11) is 3.96. The molecular formula is C24H26N4O3. The number of rotatable bonds is 5. The molecule has 2 aromatic carbocycles. The largest absolute Gasteiger partial charge is 0.445 e. The highest BCUT2D eigenvalue weighted by Gasteiger charge is 2.25. The predicted octanol–water partition coefficient (Wildman–Crippen LogP) is 3.05. The van der Waals surface area contributed by atoms with Crippen LogP contribution in [-0.2, 0) is 30.9 Å². The van der Waals surface area contributed by atoms with E-state index in [1.54, 1.807) is 15.8 Å². The van der Waals surface area contributed by atoms with E-state index in [1.807, 2.05) is 73.6 Å². The van der Waals surface area contributed by atoms with Crippen LogP contribution in [0, 0.1) is 0 Å². The summed E-state index contributed by atoms with van der Waals surface area (Å²) in [6.07, 6.45) is 1.73. The van der Waals surface area contributed by atoms with Crippen molar-refractivity contribution in [2.24, 2.45) is 0 Å². The standard InChI is InChI=1S/C24H26N4O3/c1-26(2)20-10-8-19(9-11-20)16-31-24(30)27-13-12-22-21(15-27)23(29)28(17-25-22)14-18-6-4-3-5-7-18/h3-11,17H,12-16H2,1-2H3. The molecule has 160 valence electrons. The first kappa shape index (κ1) is 20.7. The third-order valence-electron chi connectivity index (χ3n) is 5.46. The van der Waals surface area contributed by atoms with Gasteiger partial charge in [0.2, 0.25) is 0 Å². The van der Waals surface area contributed by atoms with E-state index in [9.17, 15) is 9.59 Å². The fourth-order valence-electron chi connectivity index (χ4n) is 3.63. The van der Waals surface area contributed by atoms with Crippen LogP contribution in [0.25, 0.3) is 0 Å². The Morgan fingerprint density at radius 2 is 1.81 bits per heavy atom. The van der Waals surface area contributed by atoms with E-state index in [1.165, 1.54) is 0 Å². The Labute approximate surface area is 181 Å². The number of anilines is 1. The molecule has 0 bridgehead atoms. The molecule has 1 aliphatic rings. The van der Waals surface area contributed by atoms with Crippen molar-refractivity contribution < 1.29 is 9.53 Å². The quantitative estimate of drug-likeness (QED) is 0.637. The van der Waals surface area contributed by atoms with Crippen molar-refractivity contribution in [3.63, 3.8) is 0 Å². The van der Waals surface area contributed by atoms with E-state index in [0.717, 1.165) is 22.5 Å². The topological polar surface area (TPSA) is 67.7 Å². The van der Waals surface area contributed by atoms with Gasteiger partial charge in [0.25, 0.3) is 5.56 Å². The first-order valence-electron chi connectivity index (χ1n) is 10.3. The maximum Gasteiger partial charge on any atom is 0.410 e. The molecule has 0 aliphatic carbocycles. The maximum absolute atomic E-state index is 13.0. The second-order valence-corrected chi connectivity index (χ2v) is 7.88. The highest BCUT2D eigenvalue weighted by Crippen LogP contribution is 2.17. The molecule has 7 nitrogen and oxygen atoms in total. The number of fused-ring (bicyclic) bond motifs is 1. The zero-order chi connectivity index (χ0) is 21.8. The third kappa shape index (κ3) is 4.77. The molecule has 1 amide bonds. The fourth-order valence-corrected chi connectivity index (χ4v) is 3.63. The van der Waals surface area contributed by atoms with E-state index in [-0.39, 0.29) is 18.7 Å². The van der Waals surface area contributed by atoms with Gasteiger partial charge in [-0.05, 0) is 23.3 Å². The van der Waals surface area contributed by atoms with E-state index >= 15 is 0 Å². The summed E-state index contributed by atoms with van der Waals surface area (Å²) < 4.78 is 7.09. The number of benzene rings is 2. The number of aromatic nitrogens is 2. The number of carbonyl (C=O) groups excluding carboxylic acids is 1. The minimum Gasteiger partial charge on any atom is -0.445 e. The highest BCUT2D eigenvalue weighted by molar-refractivity contribution is 5.68. The average molecular weight is 418 g/mol. The first-order valence-corrected chi connectivity index (χ1v) is 10.3. The highest BCUT2D eigenvalue weighted by atomic mass is 16.6. The molecule has 0 radical (unpaired) electrons. The van der Waals surface area contributed by atoms with E-state index < -0.39 is 6.09 Å². The molecule has 4 rings (SSSR count). The Morgan fingerprint density at radius 3 is 2.52 bits per heavy atom. The maximum atomic E-state index is 13.0. The van der Waals surface area contributed by atoms with Gasteiger partial charge in [0.15, 0.2) is 0 Å². The minimum absolute atomic E-state index is 0.106. The van der Waals surface area contributed by atoms with E-state index in [0.29, 0.717) is 25.1 Å². The van der Waals surface area contributed by atoms with Gasteiger partial charge in [-0.25, -0.2) is 9.78 Å². The Hall–Kier alpha value is -3.61. The molecule has 0 unspecified atom stereocenters. The second kappa shape index (κ2) is 9.04. The van der Waals surface area contributed by atoms with Crippen molar-refractivity contribution in [3.8, 4) is 0 Å². The van der Waals surface area contributed by atoms with Crippen LogP contribution in [0.4, 0.5) is 10.5 Å². The van der Waals surface area contributed by atoms with Gasteiger partial charge in [-0.2, -0.15) is 0 Å². The summed E-state index contributed by atoms with van der Waals surface area (Å²) in [6, 6.07) is 17.6. The van der Waals surface area contributed by atoms with Crippen LogP contribution in [0.15, 0.2) is 65.7 Å². The molecule has 0 fully saturated rings. The van der Waals surface area contributed by atoms with Crippen molar-refractivity contribution in [2.75, 3.05) is 25.5 Å². The molecule has 1 aliphatic heterocycles. The molecule has 0 atom stereocenters. The summed E-state index contributed by atoms with van der Waals surface area (Å²) in [6.45, 7) is 1.35. The van der Waals surface area contributed by atoms with Crippen LogP contribution >= 0.6 is 0 Å². The molecule has 2 heterocycles. The smallest absolute Gasteiger partial charge is 0.410 e. The molecule has 0 spiro atoms. The van der Waals surface area contributed by atoms with Crippen LogP contribution in [0.5, 0.6) is 0 Å². The van der Waals surface area contributed by atoms with Gasteiger partial charge in [-0.15, -0.1) is 0 Å². The lowest BCUT2D eigenvalue weighted by atomic mass is 10.1. The molecule has 7 heteroatoms. The number of hydrogen-bond acceptors (Lipinski definition) is 5. The van der Waals surface area contributed by atoms with Gasteiger partial charge in [0.05, 0.1) is 30.7 Å². The Balaban J connectivity index is 1.42. The van der Waals surface area contributed by atoms with Gasteiger partial charge >= 0.3 is 6.09 Å². The number of ether oxygens (including phenoxy) is 1. The van der Waals surface area contributed by atoms with Crippen LogP contribution in [0.1, 0.15) is 22.4 Å². The number of carbonyl (C=O) groups is 1. The SMILES string of the molecule is CN(C)c1ccc(COC(=O)N2CCc3ncn(Cc4ccccc4)c(=O)c3C2)cc1. The van der Waals surface area contributed by atoms with Gasteiger partial charge in [0, 0.05) is 32.7 Å². The summed E-state index contributed by atoms with van der Waals surface area (Å²) >= 11 is 0. The van der Waals surface area contributed by atoms with Crippen LogP contribution < -0.4 is 10.5 Å². The van der Waals surface area contributed by atoms with Gasteiger partial charge < -0.3 is 14.5 Å². The molecule has 0 N–H and O–H groups in total. The molecular weight excluding hydrogens is 392 g/mol. The molecule has 0 saturated heterocycles. The zero-order valence-corrected chi connectivity index (χ0v) is 17.8. The number of amides is 1. The van der Waals surface area contributed by atoms with Crippen molar-refractivity contribution in [1.82, 2.24) is 14.5 Å². The van der Waals surface area contributed by atoms with Crippen LogP contribution in [0.3, 0.4) is 0 Å².